The van der Waals surface area contributed by atoms with Gasteiger partial charge in [-0.15, -0.1) is 0 Å². The molecule has 94 valence electrons. The van der Waals surface area contributed by atoms with Crippen molar-refractivity contribution in [1.82, 2.24) is 0 Å². The lowest BCUT2D eigenvalue weighted by Gasteiger charge is -2.43. The summed E-state index contributed by atoms with van der Waals surface area (Å²) in [7, 11) is 1.77. The van der Waals surface area contributed by atoms with Gasteiger partial charge in [0, 0.05) is 19.1 Å². The van der Waals surface area contributed by atoms with Crippen molar-refractivity contribution in [3.8, 4) is 0 Å². The van der Waals surface area contributed by atoms with Crippen LogP contribution in [0, 0.1) is 0 Å². The fourth-order valence-corrected chi connectivity index (χ4v) is 2.80. The second-order valence-electron chi connectivity index (χ2n) is 5.25. The van der Waals surface area contributed by atoms with Crippen molar-refractivity contribution >= 4 is 0 Å². The monoisotopic (exact) mass is 233 g/mol. The molecule has 1 saturated carbocycles. The molecular formula is C15H23NO. The molecule has 0 spiro atoms. The van der Waals surface area contributed by atoms with Crippen LogP contribution in [0.2, 0.25) is 0 Å². The first-order chi connectivity index (χ1) is 8.22. The average molecular weight is 233 g/mol. The molecule has 2 N–H and O–H groups in total. The first-order valence-electron chi connectivity index (χ1n) is 6.53. The largest absolute Gasteiger partial charge is 0.381 e. The van der Waals surface area contributed by atoms with Gasteiger partial charge in [-0.1, -0.05) is 30.7 Å². The lowest BCUT2D eigenvalue weighted by atomic mass is 9.63. The maximum absolute atomic E-state index is 6.00. The van der Waals surface area contributed by atoms with Gasteiger partial charge in [-0.05, 0) is 37.3 Å². The van der Waals surface area contributed by atoms with Gasteiger partial charge < -0.3 is 10.5 Å². The Morgan fingerprint density at radius 1 is 1.35 bits per heavy atom. The molecule has 2 heteroatoms. The topological polar surface area (TPSA) is 35.2 Å². The molecule has 1 aliphatic carbocycles. The Morgan fingerprint density at radius 3 is 2.59 bits per heavy atom. The normalized spacial score (nSPS) is 19.7. The summed E-state index contributed by atoms with van der Waals surface area (Å²) >= 11 is 0. The second-order valence-corrected chi connectivity index (χ2v) is 5.25. The molecule has 0 radical (unpaired) electrons. The molecule has 1 fully saturated rings. The quantitative estimate of drug-likeness (QED) is 0.848. The molecule has 1 atom stereocenters. The van der Waals surface area contributed by atoms with E-state index in [0.717, 1.165) is 13.0 Å². The van der Waals surface area contributed by atoms with Gasteiger partial charge in [-0.25, -0.2) is 0 Å². The molecule has 0 aliphatic heterocycles. The van der Waals surface area contributed by atoms with Crippen molar-refractivity contribution in [2.45, 2.75) is 44.1 Å². The third kappa shape index (κ3) is 2.38. The van der Waals surface area contributed by atoms with Crippen LogP contribution in [-0.2, 0) is 16.6 Å². The number of rotatable bonds is 5. The molecule has 0 heterocycles. The van der Waals surface area contributed by atoms with E-state index in [4.69, 9.17) is 10.5 Å². The first-order valence-corrected chi connectivity index (χ1v) is 6.53. The molecular weight excluding hydrogens is 210 g/mol. The minimum absolute atomic E-state index is 0.254. The van der Waals surface area contributed by atoms with Crippen molar-refractivity contribution in [2.24, 2.45) is 5.73 Å². The van der Waals surface area contributed by atoms with Crippen LogP contribution in [0.4, 0.5) is 0 Å². The maximum Gasteiger partial charge on any atom is 0.0583 e. The van der Waals surface area contributed by atoms with Crippen LogP contribution in [0.5, 0.6) is 0 Å². The Morgan fingerprint density at radius 2 is 2.06 bits per heavy atom. The Kier molecular flexibility index (Phi) is 3.85. The van der Waals surface area contributed by atoms with E-state index in [2.05, 4.69) is 31.2 Å². The van der Waals surface area contributed by atoms with E-state index in [-0.39, 0.29) is 11.5 Å². The van der Waals surface area contributed by atoms with Gasteiger partial charge in [0.2, 0.25) is 0 Å². The summed E-state index contributed by atoms with van der Waals surface area (Å²) in [5.74, 6) is 0. The van der Waals surface area contributed by atoms with Gasteiger partial charge in [0.1, 0.15) is 0 Å². The second kappa shape index (κ2) is 5.19. The zero-order chi connectivity index (χ0) is 12.3. The highest BCUT2D eigenvalue weighted by atomic mass is 16.5. The minimum atomic E-state index is 0.254. The number of hydrogen-bond donors (Lipinski definition) is 1. The molecule has 2 nitrogen and oxygen atoms in total. The Labute approximate surface area is 104 Å². The maximum atomic E-state index is 6.00. The molecule has 1 aromatic carbocycles. The summed E-state index contributed by atoms with van der Waals surface area (Å²) in [5, 5.41) is 0. The van der Waals surface area contributed by atoms with E-state index in [1.165, 1.54) is 30.4 Å². The standard InChI is InChI=1S/C15H23NO/c1-12(17-2)10-13-6-3-4-7-14(13)15(11-16)8-5-9-15/h3-4,6-7,12H,5,8-11,16H2,1-2H3. The smallest absolute Gasteiger partial charge is 0.0583 e. The third-order valence-electron chi connectivity index (χ3n) is 4.20. The summed E-state index contributed by atoms with van der Waals surface area (Å²) in [6.45, 7) is 2.89. The zero-order valence-electron chi connectivity index (χ0n) is 10.9. The number of hydrogen-bond acceptors (Lipinski definition) is 2. The van der Waals surface area contributed by atoms with Gasteiger partial charge in [-0.3, -0.25) is 0 Å². The predicted molar refractivity (Wildman–Crippen MR) is 71.2 cm³/mol. The van der Waals surface area contributed by atoms with Crippen LogP contribution in [0.1, 0.15) is 37.3 Å². The molecule has 0 bridgehead atoms. The average Bonchev–Trinajstić information content (AvgIpc) is 2.30. The van der Waals surface area contributed by atoms with Crippen LogP contribution in [-0.4, -0.2) is 19.8 Å². The molecule has 1 aliphatic rings. The molecule has 1 aromatic rings. The summed E-state index contributed by atoms with van der Waals surface area (Å²) in [6, 6.07) is 8.72. The number of nitrogens with two attached hydrogens (primary N) is 1. The summed E-state index contributed by atoms with van der Waals surface area (Å²) in [5.41, 5.74) is 9.12. The Balaban J connectivity index is 2.27. The van der Waals surface area contributed by atoms with E-state index in [1.54, 1.807) is 7.11 Å². The summed E-state index contributed by atoms with van der Waals surface area (Å²) in [4.78, 5) is 0. The highest BCUT2D eigenvalue weighted by Crippen LogP contribution is 2.44. The summed E-state index contributed by atoms with van der Waals surface area (Å²) in [6.07, 6.45) is 5.04. The van der Waals surface area contributed by atoms with Crippen LogP contribution in [0.25, 0.3) is 0 Å². The van der Waals surface area contributed by atoms with Crippen molar-refractivity contribution in [3.63, 3.8) is 0 Å². The van der Waals surface area contributed by atoms with Gasteiger partial charge >= 0.3 is 0 Å². The van der Waals surface area contributed by atoms with E-state index in [0.29, 0.717) is 0 Å². The van der Waals surface area contributed by atoms with E-state index in [1.807, 2.05) is 0 Å². The van der Waals surface area contributed by atoms with Gasteiger partial charge in [0.15, 0.2) is 0 Å². The van der Waals surface area contributed by atoms with E-state index in [9.17, 15) is 0 Å². The highest BCUT2D eigenvalue weighted by molar-refractivity contribution is 5.37. The van der Waals surface area contributed by atoms with Crippen molar-refractivity contribution in [1.29, 1.82) is 0 Å². The molecule has 1 unspecified atom stereocenters. The van der Waals surface area contributed by atoms with Crippen molar-refractivity contribution in [3.05, 3.63) is 35.4 Å². The van der Waals surface area contributed by atoms with Gasteiger partial charge in [-0.2, -0.15) is 0 Å². The van der Waals surface area contributed by atoms with E-state index < -0.39 is 0 Å². The van der Waals surface area contributed by atoms with Crippen LogP contribution >= 0.6 is 0 Å². The van der Waals surface area contributed by atoms with Gasteiger partial charge in [0.05, 0.1) is 6.10 Å². The van der Waals surface area contributed by atoms with Crippen LogP contribution < -0.4 is 5.73 Å². The highest BCUT2D eigenvalue weighted by Gasteiger charge is 2.38. The Hall–Kier alpha value is -0.860. The molecule has 17 heavy (non-hydrogen) atoms. The number of ether oxygens (including phenoxy) is 1. The van der Waals surface area contributed by atoms with Gasteiger partial charge in [0.25, 0.3) is 0 Å². The van der Waals surface area contributed by atoms with Crippen molar-refractivity contribution in [2.75, 3.05) is 13.7 Å². The fourth-order valence-electron chi connectivity index (χ4n) is 2.80. The summed E-state index contributed by atoms with van der Waals surface area (Å²) < 4.78 is 5.38. The SMILES string of the molecule is COC(C)Cc1ccccc1C1(CN)CCC1. The van der Waals surface area contributed by atoms with E-state index >= 15 is 0 Å². The number of methoxy groups -OCH3 is 1. The van der Waals surface area contributed by atoms with Crippen molar-refractivity contribution < 1.29 is 4.74 Å². The Bertz CT molecular complexity index is 365. The molecule has 2 rings (SSSR count). The first kappa shape index (κ1) is 12.6. The number of benzene rings is 1. The van der Waals surface area contributed by atoms with Crippen LogP contribution in [0.3, 0.4) is 0 Å². The molecule has 0 amide bonds. The third-order valence-corrected chi connectivity index (χ3v) is 4.20. The molecule has 0 aromatic heterocycles. The fraction of sp³-hybridized carbons (Fsp3) is 0.600. The minimum Gasteiger partial charge on any atom is -0.381 e. The predicted octanol–water partition coefficient (Wildman–Crippen LogP) is 2.64. The zero-order valence-corrected chi connectivity index (χ0v) is 10.9. The lowest BCUT2D eigenvalue weighted by Crippen LogP contribution is -2.42. The molecule has 0 saturated heterocycles. The van der Waals surface area contributed by atoms with Crippen LogP contribution in [0.15, 0.2) is 24.3 Å². The lowest BCUT2D eigenvalue weighted by molar-refractivity contribution is 0.118.